The van der Waals surface area contributed by atoms with E-state index in [1.807, 2.05) is 6.07 Å². The van der Waals surface area contributed by atoms with Crippen LogP contribution in [0.25, 0.3) is 0 Å². The molecule has 0 aromatic heterocycles. The number of nitriles is 1. The van der Waals surface area contributed by atoms with Crippen molar-refractivity contribution in [1.82, 2.24) is 0 Å². The fraction of sp³-hybridized carbons (Fsp3) is 0.273. The summed E-state index contributed by atoms with van der Waals surface area (Å²) < 4.78 is 12.7. The Morgan fingerprint density at radius 2 is 2.36 bits per heavy atom. The summed E-state index contributed by atoms with van der Waals surface area (Å²) in [5.41, 5.74) is 0.326. The SMILES string of the molecule is C[C@@H](C#N)CC(=O)c1cccc(F)c1. The van der Waals surface area contributed by atoms with Gasteiger partial charge in [-0.25, -0.2) is 4.39 Å². The van der Waals surface area contributed by atoms with Gasteiger partial charge in [-0.1, -0.05) is 12.1 Å². The summed E-state index contributed by atoms with van der Waals surface area (Å²) in [7, 11) is 0. The van der Waals surface area contributed by atoms with E-state index in [4.69, 9.17) is 5.26 Å². The van der Waals surface area contributed by atoms with Crippen molar-refractivity contribution in [3.63, 3.8) is 0 Å². The molecule has 0 amide bonds. The number of nitrogens with zero attached hydrogens (tertiary/aromatic N) is 1. The lowest BCUT2D eigenvalue weighted by molar-refractivity contribution is 0.0972. The molecule has 1 atom stereocenters. The number of hydrogen-bond acceptors (Lipinski definition) is 2. The Hall–Kier alpha value is -1.69. The molecule has 0 aliphatic heterocycles. The number of carbonyl (C=O) groups is 1. The van der Waals surface area contributed by atoms with Crippen molar-refractivity contribution in [2.24, 2.45) is 5.92 Å². The molecular weight excluding hydrogens is 181 g/mol. The van der Waals surface area contributed by atoms with E-state index in [1.54, 1.807) is 13.0 Å². The van der Waals surface area contributed by atoms with E-state index < -0.39 is 5.82 Å². The van der Waals surface area contributed by atoms with Crippen molar-refractivity contribution in [3.8, 4) is 6.07 Å². The Balaban J connectivity index is 2.76. The molecule has 3 heteroatoms. The lowest BCUT2D eigenvalue weighted by atomic mass is 10.0. The number of halogens is 1. The first-order valence-electron chi connectivity index (χ1n) is 4.32. The molecule has 0 fully saturated rings. The van der Waals surface area contributed by atoms with Crippen LogP contribution in [0, 0.1) is 23.1 Å². The highest BCUT2D eigenvalue weighted by Gasteiger charge is 2.10. The van der Waals surface area contributed by atoms with Crippen molar-refractivity contribution in [3.05, 3.63) is 35.6 Å². The van der Waals surface area contributed by atoms with Gasteiger partial charge in [0.2, 0.25) is 0 Å². The van der Waals surface area contributed by atoms with Gasteiger partial charge in [-0.15, -0.1) is 0 Å². The molecule has 0 saturated heterocycles. The highest BCUT2D eigenvalue weighted by molar-refractivity contribution is 5.96. The number of rotatable bonds is 3. The Bertz CT molecular complexity index is 381. The minimum atomic E-state index is -0.430. The standard InChI is InChI=1S/C11H10FNO/c1-8(7-13)5-11(14)9-3-2-4-10(12)6-9/h2-4,6,8H,5H2,1H3/t8-/m1/s1. The lowest BCUT2D eigenvalue weighted by Gasteiger charge is -2.01. The highest BCUT2D eigenvalue weighted by Crippen LogP contribution is 2.10. The third-order valence-corrected chi connectivity index (χ3v) is 1.86. The van der Waals surface area contributed by atoms with Crippen molar-refractivity contribution >= 4 is 5.78 Å². The summed E-state index contributed by atoms with van der Waals surface area (Å²) in [6, 6.07) is 7.47. The second-order valence-corrected chi connectivity index (χ2v) is 3.17. The third kappa shape index (κ3) is 2.67. The summed E-state index contributed by atoms with van der Waals surface area (Å²) in [5, 5.41) is 8.51. The van der Waals surface area contributed by atoms with E-state index in [0.29, 0.717) is 5.56 Å². The molecule has 0 N–H and O–H groups in total. The summed E-state index contributed by atoms with van der Waals surface area (Å²) >= 11 is 0. The normalized spacial score (nSPS) is 11.8. The fourth-order valence-corrected chi connectivity index (χ4v) is 1.10. The molecule has 1 rings (SSSR count). The van der Waals surface area contributed by atoms with Gasteiger partial charge < -0.3 is 0 Å². The number of carbonyl (C=O) groups excluding carboxylic acids is 1. The van der Waals surface area contributed by atoms with Crippen LogP contribution in [0.2, 0.25) is 0 Å². The monoisotopic (exact) mass is 191 g/mol. The minimum absolute atomic E-state index is 0.139. The zero-order valence-electron chi connectivity index (χ0n) is 7.83. The first-order valence-corrected chi connectivity index (χ1v) is 4.32. The molecule has 0 aliphatic rings. The highest BCUT2D eigenvalue weighted by atomic mass is 19.1. The summed E-state index contributed by atoms with van der Waals surface area (Å²) in [4.78, 5) is 11.4. The van der Waals surface area contributed by atoms with Crippen LogP contribution in [-0.2, 0) is 0 Å². The van der Waals surface area contributed by atoms with Gasteiger partial charge in [-0.05, 0) is 19.1 Å². The van der Waals surface area contributed by atoms with E-state index in [9.17, 15) is 9.18 Å². The molecule has 0 radical (unpaired) electrons. The maximum Gasteiger partial charge on any atom is 0.164 e. The Labute approximate surface area is 82.0 Å². The predicted octanol–water partition coefficient (Wildman–Crippen LogP) is 2.56. The minimum Gasteiger partial charge on any atom is -0.294 e. The Kier molecular flexibility index (Phi) is 3.35. The van der Waals surface area contributed by atoms with Gasteiger partial charge in [0.15, 0.2) is 5.78 Å². The third-order valence-electron chi connectivity index (χ3n) is 1.86. The van der Waals surface area contributed by atoms with Crippen molar-refractivity contribution in [2.45, 2.75) is 13.3 Å². The topological polar surface area (TPSA) is 40.9 Å². The quantitative estimate of drug-likeness (QED) is 0.689. The molecule has 0 saturated carbocycles. The van der Waals surface area contributed by atoms with Crippen LogP contribution in [0.1, 0.15) is 23.7 Å². The van der Waals surface area contributed by atoms with Gasteiger partial charge >= 0.3 is 0 Å². The zero-order valence-corrected chi connectivity index (χ0v) is 7.83. The molecule has 0 unspecified atom stereocenters. The van der Waals surface area contributed by atoms with Crippen LogP contribution in [-0.4, -0.2) is 5.78 Å². The fourth-order valence-electron chi connectivity index (χ4n) is 1.10. The van der Waals surface area contributed by atoms with E-state index >= 15 is 0 Å². The number of Topliss-reactive ketones (excluding diaryl/α,β-unsaturated/α-hetero) is 1. The first kappa shape index (κ1) is 10.4. The molecule has 0 bridgehead atoms. The van der Waals surface area contributed by atoms with Crippen LogP contribution in [0.3, 0.4) is 0 Å². The molecule has 0 aliphatic carbocycles. The van der Waals surface area contributed by atoms with Crippen molar-refractivity contribution in [1.29, 1.82) is 5.26 Å². The summed E-state index contributed by atoms with van der Waals surface area (Å²) in [5.74, 6) is -0.954. The van der Waals surface area contributed by atoms with Gasteiger partial charge in [0.25, 0.3) is 0 Å². The lowest BCUT2D eigenvalue weighted by Crippen LogP contribution is -2.04. The average molecular weight is 191 g/mol. The largest absolute Gasteiger partial charge is 0.294 e. The summed E-state index contributed by atoms with van der Waals surface area (Å²) in [6.45, 7) is 1.66. The molecule has 72 valence electrons. The summed E-state index contributed by atoms with van der Waals surface area (Å²) in [6.07, 6.45) is 0.139. The molecule has 14 heavy (non-hydrogen) atoms. The zero-order chi connectivity index (χ0) is 10.6. The van der Waals surface area contributed by atoms with Gasteiger partial charge in [0, 0.05) is 12.0 Å². The van der Waals surface area contributed by atoms with E-state index in [2.05, 4.69) is 0 Å². The van der Waals surface area contributed by atoms with E-state index in [1.165, 1.54) is 18.2 Å². The maximum absolute atomic E-state index is 12.7. The van der Waals surface area contributed by atoms with Crippen LogP contribution < -0.4 is 0 Å². The van der Waals surface area contributed by atoms with Crippen LogP contribution in [0.5, 0.6) is 0 Å². The number of benzene rings is 1. The van der Waals surface area contributed by atoms with Crippen LogP contribution in [0.4, 0.5) is 4.39 Å². The van der Waals surface area contributed by atoms with E-state index in [0.717, 1.165) is 0 Å². The molecule has 0 heterocycles. The Morgan fingerprint density at radius 3 is 2.93 bits per heavy atom. The Morgan fingerprint density at radius 1 is 1.64 bits per heavy atom. The molecule has 0 spiro atoms. The van der Waals surface area contributed by atoms with Crippen LogP contribution in [0.15, 0.2) is 24.3 Å². The average Bonchev–Trinajstić information content (AvgIpc) is 2.17. The second kappa shape index (κ2) is 4.52. The number of hydrogen-bond donors (Lipinski definition) is 0. The maximum atomic E-state index is 12.7. The van der Waals surface area contributed by atoms with Crippen molar-refractivity contribution in [2.75, 3.05) is 0 Å². The molecular formula is C11H10FNO. The van der Waals surface area contributed by atoms with E-state index in [-0.39, 0.29) is 18.1 Å². The van der Waals surface area contributed by atoms with Crippen molar-refractivity contribution < 1.29 is 9.18 Å². The second-order valence-electron chi connectivity index (χ2n) is 3.17. The van der Waals surface area contributed by atoms with Crippen LogP contribution >= 0.6 is 0 Å². The van der Waals surface area contributed by atoms with Gasteiger partial charge in [0.1, 0.15) is 5.82 Å². The predicted molar refractivity (Wildman–Crippen MR) is 50.1 cm³/mol. The smallest absolute Gasteiger partial charge is 0.164 e. The molecule has 2 nitrogen and oxygen atoms in total. The first-order chi connectivity index (χ1) is 6.63. The van der Waals surface area contributed by atoms with Gasteiger partial charge in [-0.3, -0.25) is 4.79 Å². The van der Waals surface area contributed by atoms with Gasteiger partial charge in [-0.2, -0.15) is 5.26 Å². The molecule has 1 aromatic carbocycles. The number of ketones is 1. The van der Waals surface area contributed by atoms with Gasteiger partial charge in [0.05, 0.1) is 12.0 Å². The molecule has 1 aromatic rings.